The fraction of sp³-hybridized carbons (Fsp3) is 0.312. The summed E-state index contributed by atoms with van der Waals surface area (Å²) in [6.07, 6.45) is 0.0284. The van der Waals surface area contributed by atoms with E-state index in [1.54, 1.807) is 26.1 Å². The molecular formula is C32H33FN6O6S. The van der Waals surface area contributed by atoms with Crippen molar-refractivity contribution in [3.8, 4) is 22.2 Å². The lowest BCUT2D eigenvalue weighted by molar-refractivity contribution is 0.0919. The minimum absolute atomic E-state index is 0.0494. The molecule has 0 saturated heterocycles. The number of aliphatic hydroxyl groups is 1. The Labute approximate surface area is 267 Å². The number of thiazole rings is 1. The second-order valence-corrected chi connectivity index (χ2v) is 11.8. The molecule has 12 nitrogen and oxygen atoms in total. The van der Waals surface area contributed by atoms with Crippen LogP contribution in [0.3, 0.4) is 0 Å². The van der Waals surface area contributed by atoms with E-state index in [-0.39, 0.29) is 23.7 Å². The van der Waals surface area contributed by atoms with Gasteiger partial charge in [-0.25, -0.2) is 29.1 Å². The minimum Gasteiger partial charge on any atom is -0.485 e. The Morgan fingerprint density at radius 3 is 2.52 bits per heavy atom. The van der Waals surface area contributed by atoms with Gasteiger partial charge >= 0.3 is 6.09 Å². The van der Waals surface area contributed by atoms with Crippen molar-refractivity contribution >= 4 is 50.3 Å². The zero-order valence-electron chi connectivity index (χ0n) is 25.8. The Hall–Kier alpha value is -4.95. The number of hydrogen-bond acceptors (Lipinski definition) is 10. The predicted molar refractivity (Wildman–Crippen MR) is 172 cm³/mol. The van der Waals surface area contributed by atoms with E-state index in [0.29, 0.717) is 38.7 Å². The second kappa shape index (κ2) is 13.6. The number of hydrogen-bond donors (Lipinski definition) is 3. The molecule has 240 valence electrons. The predicted octanol–water partition coefficient (Wildman–Crippen LogP) is 5.60. The highest BCUT2D eigenvalue weighted by Crippen LogP contribution is 2.37. The number of rotatable bonds is 11. The van der Waals surface area contributed by atoms with Gasteiger partial charge in [-0.05, 0) is 64.4 Å². The summed E-state index contributed by atoms with van der Waals surface area (Å²) < 4.78 is 27.5. The maximum atomic E-state index is 15.3. The number of amides is 2. The lowest BCUT2D eigenvalue weighted by Crippen LogP contribution is -2.46. The van der Waals surface area contributed by atoms with E-state index in [1.807, 2.05) is 26.0 Å². The summed E-state index contributed by atoms with van der Waals surface area (Å²) in [7, 11) is 0. The van der Waals surface area contributed by atoms with E-state index in [1.165, 1.54) is 42.7 Å². The quantitative estimate of drug-likeness (QED) is 0.165. The average molecular weight is 649 g/mol. The monoisotopic (exact) mass is 648 g/mol. The molecule has 0 spiro atoms. The standard InChI is InChI=1S/C32H33FN6O6S/c1-6-44-28-15-35-29-21(9-16(2)10-25(29)37-28)31-38-24-11-22(33)26(12-27(24)46-31)45-19(5)18(4)39(32(42)43)20-7-8-23(34-14-20)30(41)36-13-17(3)40/h7-12,14-15,17-19,40H,6,13H2,1-5H3,(H,36,41)(H,42,43). The van der Waals surface area contributed by atoms with Gasteiger partial charge in [-0.3, -0.25) is 9.69 Å². The molecule has 0 bridgehead atoms. The van der Waals surface area contributed by atoms with E-state index in [2.05, 4.69) is 25.3 Å². The van der Waals surface area contributed by atoms with Crippen molar-refractivity contribution in [1.82, 2.24) is 25.3 Å². The van der Waals surface area contributed by atoms with Crippen LogP contribution in [0.2, 0.25) is 0 Å². The molecule has 5 rings (SSSR count). The normalized spacial score (nSPS) is 13.3. The highest BCUT2D eigenvalue weighted by Gasteiger charge is 2.29. The topological polar surface area (TPSA) is 160 Å². The molecule has 0 aliphatic heterocycles. The lowest BCUT2D eigenvalue weighted by atomic mass is 10.1. The van der Waals surface area contributed by atoms with Gasteiger partial charge in [-0.15, -0.1) is 11.3 Å². The summed E-state index contributed by atoms with van der Waals surface area (Å²) in [5.41, 5.74) is 3.72. The van der Waals surface area contributed by atoms with Crippen LogP contribution in [0, 0.1) is 12.7 Å². The Balaban J connectivity index is 1.38. The van der Waals surface area contributed by atoms with Crippen LogP contribution >= 0.6 is 11.3 Å². The van der Waals surface area contributed by atoms with Gasteiger partial charge in [0, 0.05) is 24.2 Å². The Morgan fingerprint density at radius 1 is 1.07 bits per heavy atom. The van der Waals surface area contributed by atoms with Gasteiger partial charge in [0.2, 0.25) is 5.88 Å². The smallest absolute Gasteiger partial charge is 0.412 e. The first-order valence-electron chi connectivity index (χ1n) is 14.6. The molecule has 3 unspecified atom stereocenters. The molecule has 46 heavy (non-hydrogen) atoms. The molecule has 3 heterocycles. The van der Waals surface area contributed by atoms with Crippen molar-refractivity contribution in [2.45, 2.75) is 52.9 Å². The zero-order chi connectivity index (χ0) is 33.1. The SMILES string of the molecule is CCOc1cnc2c(-c3nc4cc(F)c(OC(C)C(C)N(C(=O)O)c5ccc(C(=O)NCC(C)O)nc5)cc4s3)cc(C)cc2n1. The summed E-state index contributed by atoms with van der Waals surface area (Å²) in [6, 6.07) is 8.77. The van der Waals surface area contributed by atoms with Crippen LogP contribution in [0.15, 0.2) is 48.8 Å². The van der Waals surface area contributed by atoms with Gasteiger partial charge in [-0.2, -0.15) is 0 Å². The van der Waals surface area contributed by atoms with E-state index in [4.69, 9.17) is 9.47 Å². The second-order valence-electron chi connectivity index (χ2n) is 10.8. The molecule has 3 aromatic heterocycles. The number of nitrogens with zero attached hydrogens (tertiary/aromatic N) is 5. The number of carbonyl (C=O) groups is 2. The first-order chi connectivity index (χ1) is 21.9. The summed E-state index contributed by atoms with van der Waals surface area (Å²) >= 11 is 1.35. The number of ether oxygens (including phenoxy) is 2. The van der Waals surface area contributed by atoms with Gasteiger partial charge in [0.05, 0.1) is 58.1 Å². The molecule has 5 aromatic rings. The largest absolute Gasteiger partial charge is 0.485 e. The zero-order valence-corrected chi connectivity index (χ0v) is 26.6. The summed E-state index contributed by atoms with van der Waals surface area (Å²) in [5, 5.41) is 22.6. The van der Waals surface area contributed by atoms with E-state index < -0.39 is 36.1 Å². The van der Waals surface area contributed by atoms with E-state index in [0.717, 1.165) is 16.0 Å². The molecule has 2 amide bonds. The first kappa shape index (κ1) is 32.4. The van der Waals surface area contributed by atoms with Crippen LogP contribution in [0.25, 0.3) is 31.8 Å². The van der Waals surface area contributed by atoms with Crippen LogP contribution in [-0.2, 0) is 0 Å². The van der Waals surface area contributed by atoms with Crippen LogP contribution in [0.4, 0.5) is 14.9 Å². The molecule has 0 radical (unpaired) electrons. The van der Waals surface area contributed by atoms with Crippen molar-refractivity contribution in [2.24, 2.45) is 0 Å². The summed E-state index contributed by atoms with van der Waals surface area (Å²) in [4.78, 5) is 43.4. The fourth-order valence-electron chi connectivity index (χ4n) is 4.79. The molecule has 3 atom stereocenters. The number of aryl methyl sites for hydroxylation is 1. The van der Waals surface area contributed by atoms with Gasteiger partial charge < -0.3 is 25.0 Å². The average Bonchev–Trinajstić information content (AvgIpc) is 3.42. The van der Waals surface area contributed by atoms with Crippen molar-refractivity contribution in [3.05, 3.63) is 65.9 Å². The number of halogens is 1. The third-order valence-corrected chi connectivity index (χ3v) is 8.21. The molecule has 14 heteroatoms. The number of carboxylic acid groups (broad SMARTS) is 1. The van der Waals surface area contributed by atoms with Gasteiger partial charge in [0.25, 0.3) is 5.91 Å². The minimum atomic E-state index is -1.28. The van der Waals surface area contributed by atoms with Crippen molar-refractivity contribution < 1.29 is 33.7 Å². The number of benzene rings is 2. The number of pyridine rings is 1. The molecule has 0 aliphatic rings. The summed E-state index contributed by atoms with van der Waals surface area (Å²) in [5.74, 6) is -0.773. The van der Waals surface area contributed by atoms with E-state index >= 15 is 4.39 Å². The maximum absolute atomic E-state index is 15.3. The number of nitrogens with one attached hydrogen (secondary N) is 1. The molecular weight excluding hydrogens is 615 g/mol. The van der Waals surface area contributed by atoms with Crippen molar-refractivity contribution in [1.29, 1.82) is 0 Å². The van der Waals surface area contributed by atoms with E-state index in [9.17, 15) is 19.8 Å². The van der Waals surface area contributed by atoms with Gasteiger partial charge in [0.15, 0.2) is 11.6 Å². The number of aliphatic hydroxyl groups excluding tert-OH is 1. The van der Waals surface area contributed by atoms with Crippen molar-refractivity contribution in [3.63, 3.8) is 0 Å². The van der Waals surface area contributed by atoms with Gasteiger partial charge in [0.1, 0.15) is 16.8 Å². The molecule has 2 aromatic carbocycles. The number of anilines is 1. The third-order valence-electron chi connectivity index (χ3n) is 7.16. The summed E-state index contributed by atoms with van der Waals surface area (Å²) in [6.45, 7) is 9.14. The van der Waals surface area contributed by atoms with Gasteiger partial charge in [-0.1, -0.05) is 0 Å². The number of fused-ring (bicyclic) bond motifs is 2. The molecule has 0 aliphatic carbocycles. The Bertz CT molecular complexity index is 1900. The highest BCUT2D eigenvalue weighted by atomic mass is 32.1. The third kappa shape index (κ3) is 6.97. The maximum Gasteiger partial charge on any atom is 0.412 e. The lowest BCUT2D eigenvalue weighted by Gasteiger charge is -2.31. The van der Waals surface area contributed by atoms with Crippen LogP contribution < -0.4 is 19.7 Å². The molecule has 3 N–H and O–H groups in total. The first-order valence-corrected chi connectivity index (χ1v) is 15.4. The van der Waals surface area contributed by atoms with Crippen LogP contribution in [0.1, 0.15) is 43.7 Å². The Kier molecular flexibility index (Phi) is 9.58. The van der Waals surface area contributed by atoms with Crippen molar-refractivity contribution in [2.75, 3.05) is 18.1 Å². The highest BCUT2D eigenvalue weighted by molar-refractivity contribution is 7.21. The number of carbonyl (C=O) groups excluding carboxylic acids is 1. The molecule has 0 saturated carbocycles. The van der Waals surface area contributed by atoms with Crippen LogP contribution in [-0.4, -0.2) is 73.6 Å². The number of aromatic nitrogens is 4. The fourth-order valence-corrected chi connectivity index (χ4v) is 5.78. The molecule has 0 fully saturated rings. The van der Waals surface area contributed by atoms with Crippen LogP contribution in [0.5, 0.6) is 11.6 Å². The Morgan fingerprint density at radius 2 is 1.85 bits per heavy atom.